The monoisotopic (exact) mass is 350 g/mol. The first-order valence-electron chi connectivity index (χ1n) is 7.87. The van der Waals surface area contributed by atoms with Gasteiger partial charge in [0, 0.05) is 51.3 Å². The maximum absolute atomic E-state index is 12.5. The lowest BCUT2D eigenvalue weighted by Crippen LogP contribution is -2.48. The zero-order chi connectivity index (χ0) is 17.9. The molecular formula is C17H17F3N4O. The summed E-state index contributed by atoms with van der Waals surface area (Å²) in [6.45, 7) is 3.27. The highest BCUT2D eigenvalue weighted by atomic mass is 19.4. The minimum absolute atomic E-state index is 0.176. The summed E-state index contributed by atoms with van der Waals surface area (Å²) in [4.78, 5) is 23.6. The fourth-order valence-electron chi connectivity index (χ4n) is 2.73. The average Bonchev–Trinajstić information content (AvgIpc) is 2.62. The van der Waals surface area contributed by atoms with Crippen LogP contribution in [0, 0.1) is 0 Å². The van der Waals surface area contributed by atoms with Gasteiger partial charge in [-0.15, -0.1) is 0 Å². The summed E-state index contributed by atoms with van der Waals surface area (Å²) in [6.07, 6.45) is -0.0197. The average molecular weight is 350 g/mol. The smallest absolute Gasteiger partial charge is 0.336 e. The quantitative estimate of drug-likeness (QED) is 0.853. The molecule has 0 N–H and O–H groups in total. The Balaban J connectivity index is 1.56. The van der Waals surface area contributed by atoms with E-state index in [0.717, 1.165) is 24.4 Å². The molecule has 1 fully saturated rings. The first kappa shape index (κ1) is 17.3. The van der Waals surface area contributed by atoms with Crippen molar-refractivity contribution in [3.63, 3.8) is 0 Å². The van der Waals surface area contributed by atoms with Gasteiger partial charge in [-0.2, -0.15) is 13.2 Å². The largest absolute Gasteiger partial charge is 0.433 e. The van der Waals surface area contributed by atoms with E-state index < -0.39 is 11.9 Å². The van der Waals surface area contributed by atoms with Crippen LogP contribution in [0.15, 0.2) is 42.9 Å². The molecule has 8 heteroatoms. The Labute approximate surface area is 143 Å². The van der Waals surface area contributed by atoms with E-state index in [-0.39, 0.29) is 11.5 Å². The molecule has 1 saturated heterocycles. The summed E-state index contributed by atoms with van der Waals surface area (Å²) in [5.41, 5.74) is 0.337. The van der Waals surface area contributed by atoms with Crippen molar-refractivity contribution in [2.75, 3.05) is 26.2 Å². The van der Waals surface area contributed by atoms with Crippen molar-refractivity contribution >= 4 is 5.91 Å². The lowest BCUT2D eigenvalue weighted by atomic mass is 10.2. The van der Waals surface area contributed by atoms with Gasteiger partial charge in [-0.3, -0.25) is 19.7 Å². The number of halogens is 3. The third-order valence-corrected chi connectivity index (χ3v) is 4.12. The molecule has 0 radical (unpaired) electrons. The van der Waals surface area contributed by atoms with Crippen LogP contribution in [0.25, 0.3) is 0 Å². The fraction of sp³-hybridized carbons (Fsp3) is 0.353. The predicted octanol–water partition coefficient (Wildman–Crippen LogP) is 2.45. The van der Waals surface area contributed by atoms with Gasteiger partial charge in [-0.1, -0.05) is 0 Å². The molecule has 3 heterocycles. The number of rotatable bonds is 3. The highest BCUT2D eigenvalue weighted by Crippen LogP contribution is 2.27. The van der Waals surface area contributed by atoms with E-state index in [0.29, 0.717) is 26.2 Å². The second kappa shape index (κ2) is 7.18. The second-order valence-electron chi connectivity index (χ2n) is 5.85. The number of carbonyl (C=O) groups excluding carboxylic acids is 1. The maximum Gasteiger partial charge on any atom is 0.433 e. The van der Waals surface area contributed by atoms with Crippen molar-refractivity contribution in [2.45, 2.75) is 12.7 Å². The number of nitrogens with zero attached hydrogens (tertiary/aromatic N) is 4. The molecule has 2 aromatic rings. The SMILES string of the molecule is O=C(c1ccc(C(F)(F)F)nc1)N1CCN(Cc2ccncc2)CC1. The van der Waals surface area contributed by atoms with Gasteiger partial charge in [0.2, 0.25) is 0 Å². The Morgan fingerprint density at radius 3 is 2.28 bits per heavy atom. The van der Waals surface area contributed by atoms with Crippen LogP contribution >= 0.6 is 0 Å². The van der Waals surface area contributed by atoms with Crippen molar-refractivity contribution in [3.8, 4) is 0 Å². The number of aromatic nitrogens is 2. The molecule has 0 unspecified atom stereocenters. The van der Waals surface area contributed by atoms with E-state index in [1.165, 1.54) is 6.07 Å². The number of alkyl halides is 3. The molecule has 3 rings (SSSR count). The van der Waals surface area contributed by atoms with Crippen LogP contribution < -0.4 is 0 Å². The van der Waals surface area contributed by atoms with Crippen molar-refractivity contribution < 1.29 is 18.0 Å². The minimum Gasteiger partial charge on any atom is -0.336 e. The molecule has 132 valence electrons. The number of pyridine rings is 2. The molecule has 0 aliphatic carbocycles. The van der Waals surface area contributed by atoms with Gasteiger partial charge in [0.05, 0.1) is 5.56 Å². The van der Waals surface area contributed by atoms with Crippen LogP contribution in [-0.4, -0.2) is 51.9 Å². The standard InChI is InChI=1S/C17H17F3N4O/c18-17(19,20)15-2-1-14(11-22-15)16(25)24-9-7-23(8-10-24)12-13-3-5-21-6-4-13/h1-6,11H,7-10,12H2. The molecule has 0 aromatic carbocycles. The summed E-state index contributed by atoms with van der Waals surface area (Å²) in [6, 6.07) is 5.92. The molecule has 0 spiro atoms. The topological polar surface area (TPSA) is 49.3 Å². The lowest BCUT2D eigenvalue weighted by molar-refractivity contribution is -0.141. The van der Waals surface area contributed by atoms with Crippen LogP contribution in [0.3, 0.4) is 0 Å². The molecule has 1 aliphatic rings. The van der Waals surface area contributed by atoms with E-state index in [1.54, 1.807) is 17.3 Å². The third kappa shape index (κ3) is 4.33. The minimum atomic E-state index is -4.50. The molecule has 25 heavy (non-hydrogen) atoms. The van der Waals surface area contributed by atoms with E-state index in [9.17, 15) is 18.0 Å². The normalized spacial score (nSPS) is 16.0. The molecular weight excluding hydrogens is 333 g/mol. The Kier molecular flexibility index (Phi) is 4.98. The summed E-state index contributed by atoms with van der Waals surface area (Å²) in [7, 11) is 0. The van der Waals surface area contributed by atoms with Crippen molar-refractivity contribution in [1.82, 2.24) is 19.8 Å². The van der Waals surface area contributed by atoms with Gasteiger partial charge in [0.25, 0.3) is 5.91 Å². The Hall–Kier alpha value is -2.48. The molecule has 5 nitrogen and oxygen atoms in total. The van der Waals surface area contributed by atoms with Gasteiger partial charge in [-0.05, 0) is 29.8 Å². The summed E-state index contributed by atoms with van der Waals surface area (Å²) < 4.78 is 37.6. The van der Waals surface area contributed by atoms with Crippen LogP contribution in [0.1, 0.15) is 21.6 Å². The molecule has 1 aliphatic heterocycles. The van der Waals surface area contributed by atoms with E-state index >= 15 is 0 Å². The number of hydrogen-bond acceptors (Lipinski definition) is 4. The number of hydrogen-bond donors (Lipinski definition) is 0. The summed E-state index contributed by atoms with van der Waals surface area (Å²) in [5, 5.41) is 0. The van der Waals surface area contributed by atoms with Gasteiger partial charge in [-0.25, -0.2) is 0 Å². The first-order chi connectivity index (χ1) is 11.9. The zero-order valence-electron chi connectivity index (χ0n) is 13.4. The summed E-state index contributed by atoms with van der Waals surface area (Å²) in [5.74, 6) is -0.287. The Morgan fingerprint density at radius 1 is 1.04 bits per heavy atom. The predicted molar refractivity (Wildman–Crippen MR) is 84.7 cm³/mol. The van der Waals surface area contributed by atoms with Crippen LogP contribution in [0.2, 0.25) is 0 Å². The van der Waals surface area contributed by atoms with Crippen LogP contribution in [0.5, 0.6) is 0 Å². The van der Waals surface area contributed by atoms with E-state index in [4.69, 9.17) is 0 Å². The second-order valence-corrected chi connectivity index (χ2v) is 5.85. The third-order valence-electron chi connectivity index (χ3n) is 4.12. The Bertz CT molecular complexity index is 711. The highest BCUT2D eigenvalue weighted by Gasteiger charge is 2.32. The van der Waals surface area contributed by atoms with Gasteiger partial charge < -0.3 is 4.90 Å². The zero-order valence-corrected chi connectivity index (χ0v) is 13.4. The van der Waals surface area contributed by atoms with Crippen molar-refractivity contribution in [1.29, 1.82) is 0 Å². The van der Waals surface area contributed by atoms with E-state index in [2.05, 4.69) is 14.9 Å². The van der Waals surface area contributed by atoms with Crippen molar-refractivity contribution in [3.05, 3.63) is 59.7 Å². The van der Waals surface area contributed by atoms with E-state index in [1.807, 2.05) is 12.1 Å². The van der Waals surface area contributed by atoms with Crippen LogP contribution in [0.4, 0.5) is 13.2 Å². The first-order valence-corrected chi connectivity index (χ1v) is 7.87. The molecule has 0 bridgehead atoms. The highest BCUT2D eigenvalue weighted by molar-refractivity contribution is 5.94. The van der Waals surface area contributed by atoms with Gasteiger partial charge in [0.15, 0.2) is 0 Å². The van der Waals surface area contributed by atoms with Gasteiger partial charge >= 0.3 is 6.18 Å². The van der Waals surface area contributed by atoms with Gasteiger partial charge in [0.1, 0.15) is 5.69 Å². The summed E-state index contributed by atoms with van der Waals surface area (Å²) >= 11 is 0. The van der Waals surface area contributed by atoms with Crippen molar-refractivity contribution in [2.24, 2.45) is 0 Å². The number of piperazine rings is 1. The Morgan fingerprint density at radius 2 is 1.72 bits per heavy atom. The number of carbonyl (C=O) groups is 1. The molecule has 1 amide bonds. The fourth-order valence-corrected chi connectivity index (χ4v) is 2.73. The lowest BCUT2D eigenvalue weighted by Gasteiger charge is -2.34. The maximum atomic E-state index is 12.5. The molecule has 2 aromatic heterocycles. The number of amides is 1. The molecule has 0 saturated carbocycles. The van der Waals surface area contributed by atoms with Crippen LogP contribution in [-0.2, 0) is 12.7 Å². The molecule has 0 atom stereocenters.